The molecule has 3 heterocycles. The second-order valence-electron chi connectivity index (χ2n) is 8.21. The lowest BCUT2D eigenvalue weighted by molar-refractivity contribution is -0.131. The largest absolute Gasteiger partial charge is 0.449 e. The average molecular weight is 467 g/mol. The highest BCUT2D eigenvalue weighted by atomic mass is 32.2. The Morgan fingerprint density at radius 3 is 2.45 bits per heavy atom. The van der Waals surface area contributed by atoms with Crippen LogP contribution in [0.5, 0.6) is 0 Å². The van der Waals surface area contributed by atoms with Crippen LogP contribution in [0.25, 0.3) is 10.2 Å². The van der Waals surface area contributed by atoms with E-state index in [-0.39, 0.29) is 22.8 Å². The van der Waals surface area contributed by atoms with E-state index in [1.807, 2.05) is 34.6 Å². The quantitative estimate of drug-likeness (QED) is 0.703. The Bertz CT molecular complexity index is 1010. The fourth-order valence-corrected chi connectivity index (χ4v) is 5.22. The van der Waals surface area contributed by atoms with Crippen molar-refractivity contribution in [2.24, 2.45) is 5.92 Å². The molecule has 0 bridgehead atoms. The molecule has 2 amide bonds. The summed E-state index contributed by atoms with van der Waals surface area (Å²) in [6.07, 6.45) is -0.312. The van der Waals surface area contributed by atoms with Crippen LogP contribution in [0, 0.1) is 19.8 Å². The van der Waals surface area contributed by atoms with E-state index in [9.17, 15) is 14.4 Å². The van der Waals surface area contributed by atoms with Gasteiger partial charge in [-0.1, -0.05) is 13.8 Å². The molecule has 10 heteroatoms. The Kier molecular flexibility index (Phi) is 7.64. The maximum absolute atomic E-state index is 12.8. The Morgan fingerprint density at radius 1 is 1.16 bits per heavy atom. The molecule has 1 atom stereocenters. The van der Waals surface area contributed by atoms with Crippen LogP contribution in [-0.4, -0.2) is 69.8 Å². The highest BCUT2D eigenvalue weighted by Crippen LogP contribution is 2.26. The molecule has 8 nitrogen and oxygen atoms in total. The van der Waals surface area contributed by atoms with Gasteiger partial charge in [-0.25, -0.2) is 9.78 Å². The fraction of sp³-hybridized carbons (Fsp3) is 0.619. The van der Waals surface area contributed by atoms with Gasteiger partial charge >= 0.3 is 6.09 Å². The molecule has 0 saturated carbocycles. The lowest BCUT2D eigenvalue weighted by Crippen LogP contribution is -2.52. The third-order valence-electron chi connectivity index (χ3n) is 5.30. The zero-order chi connectivity index (χ0) is 22.7. The first-order chi connectivity index (χ1) is 14.7. The van der Waals surface area contributed by atoms with E-state index < -0.39 is 0 Å². The molecular weight excluding hydrogens is 436 g/mol. The molecule has 0 radical (unpaired) electrons. The maximum atomic E-state index is 12.8. The van der Waals surface area contributed by atoms with E-state index in [0.29, 0.717) is 55.7 Å². The van der Waals surface area contributed by atoms with Crippen LogP contribution in [-0.2, 0) is 15.3 Å². The van der Waals surface area contributed by atoms with Gasteiger partial charge in [-0.2, -0.15) is 0 Å². The number of nitrogens with zero attached hydrogens (tertiary/aromatic N) is 3. The summed E-state index contributed by atoms with van der Waals surface area (Å²) in [5.41, 5.74) is 0.852. The molecule has 3 rings (SSSR count). The molecule has 1 fully saturated rings. The summed E-state index contributed by atoms with van der Waals surface area (Å²) in [5.74, 6) is 1.37. The summed E-state index contributed by atoms with van der Waals surface area (Å²) >= 11 is 2.97. The monoisotopic (exact) mass is 466 g/mol. The molecule has 2 aromatic rings. The minimum atomic E-state index is -0.312. The summed E-state index contributed by atoms with van der Waals surface area (Å²) < 4.78 is 5.27. The van der Waals surface area contributed by atoms with Crippen LogP contribution < -0.4 is 5.56 Å². The number of hydrogen-bond acceptors (Lipinski definition) is 7. The van der Waals surface area contributed by atoms with Crippen molar-refractivity contribution in [3.05, 3.63) is 26.6 Å². The zero-order valence-electron chi connectivity index (χ0n) is 18.7. The Morgan fingerprint density at radius 2 is 1.81 bits per heavy atom. The molecule has 0 aromatic carbocycles. The van der Waals surface area contributed by atoms with Gasteiger partial charge in [0.05, 0.1) is 23.0 Å². The molecule has 170 valence electrons. The van der Waals surface area contributed by atoms with Crippen molar-refractivity contribution in [3.63, 3.8) is 0 Å². The minimum Gasteiger partial charge on any atom is -0.449 e. The number of aromatic amines is 1. The van der Waals surface area contributed by atoms with Crippen LogP contribution in [0.3, 0.4) is 0 Å². The Hall–Kier alpha value is -2.07. The molecule has 1 N–H and O–H groups in total. The molecule has 0 aliphatic carbocycles. The number of H-pyrrole nitrogens is 1. The molecule has 1 saturated heterocycles. The third kappa shape index (κ3) is 5.60. The molecule has 1 aliphatic heterocycles. The standard InChI is InChI=1S/C21H30N4O4S2/c1-12(2)10-29-21(28)25-8-6-24(7-9-25)20(27)15(5)30-11-16-22-18(26)17-13(3)14(4)31-19(17)23-16/h12,15H,6-11H2,1-5H3,(H,22,23,26). The number of hydrogen-bond donors (Lipinski definition) is 1. The Balaban J connectivity index is 1.52. The number of nitrogens with one attached hydrogen (secondary N) is 1. The minimum absolute atomic E-state index is 0.0337. The zero-order valence-corrected chi connectivity index (χ0v) is 20.3. The van der Waals surface area contributed by atoms with Gasteiger partial charge in [0.25, 0.3) is 5.56 Å². The highest BCUT2D eigenvalue weighted by Gasteiger charge is 2.28. The number of rotatable bonds is 6. The summed E-state index contributed by atoms with van der Waals surface area (Å²) in [6, 6.07) is 0. The molecule has 0 spiro atoms. The van der Waals surface area contributed by atoms with Crippen molar-refractivity contribution in [2.75, 3.05) is 32.8 Å². The van der Waals surface area contributed by atoms with Gasteiger partial charge in [0.15, 0.2) is 0 Å². The topological polar surface area (TPSA) is 95.6 Å². The number of carbonyl (C=O) groups is 2. The van der Waals surface area contributed by atoms with E-state index in [0.717, 1.165) is 15.3 Å². The number of fused-ring (bicyclic) bond motifs is 1. The van der Waals surface area contributed by atoms with Gasteiger partial charge in [0.1, 0.15) is 10.7 Å². The molecule has 2 aromatic heterocycles. The second kappa shape index (κ2) is 10.0. The first-order valence-electron chi connectivity index (χ1n) is 10.5. The van der Waals surface area contributed by atoms with Gasteiger partial charge < -0.3 is 19.5 Å². The number of carbonyl (C=O) groups excluding carboxylic acids is 2. The van der Waals surface area contributed by atoms with Crippen LogP contribution in [0.15, 0.2) is 4.79 Å². The molecular formula is C21H30N4O4S2. The SMILES string of the molecule is Cc1sc2nc(CSC(C)C(=O)N3CCN(C(=O)OCC(C)C)CC3)[nH]c(=O)c2c1C. The number of aryl methyl sites for hydroxylation is 2. The highest BCUT2D eigenvalue weighted by molar-refractivity contribution is 7.99. The molecule has 1 unspecified atom stereocenters. The number of thiophene rings is 1. The van der Waals surface area contributed by atoms with E-state index in [2.05, 4.69) is 9.97 Å². The number of piperazine rings is 1. The summed E-state index contributed by atoms with van der Waals surface area (Å²) in [7, 11) is 0. The van der Waals surface area contributed by atoms with Crippen LogP contribution in [0.4, 0.5) is 4.79 Å². The van der Waals surface area contributed by atoms with E-state index >= 15 is 0 Å². The van der Waals surface area contributed by atoms with Crippen molar-refractivity contribution in [1.29, 1.82) is 0 Å². The fourth-order valence-electron chi connectivity index (χ4n) is 3.34. The van der Waals surface area contributed by atoms with Crippen molar-refractivity contribution >= 4 is 45.3 Å². The van der Waals surface area contributed by atoms with Crippen molar-refractivity contribution in [1.82, 2.24) is 19.8 Å². The summed E-state index contributed by atoms with van der Waals surface area (Å²) in [4.78, 5) is 50.0. The van der Waals surface area contributed by atoms with E-state index in [4.69, 9.17) is 4.74 Å². The van der Waals surface area contributed by atoms with Gasteiger partial charge in [-0.3, -0.25) is 9.59 Å². The normalized spacial score (nSPS) is 15.5. The molecule has 31 heavy (non-hydrogen) atoms. The van der Waals surface area contributed by atoms with Crippen molar-refractivity contribution in [3.8, 4) is 0 Å². The second-order valence-corrected chi connectivity index (χ2v) is 10.7. The lowest BCUT2D eigenvalue weighted by atomic mass is 10.2. The van der Waals surface area contributed by atoms with Crippen molar-refractivity contribution < 1.29 is 14.3 Å². The Labute approximate surface area is 190 Å². The first kappa shape index (κ1) is 23.6. The summed E-state index contributed by atoms with van der Waals surface area (Å²) in [5, 5.41) is 0.386. The number of thioether (sulfide) groups is 1. The summed E-state index contributed by atoms with van der Waals surface area (Å²) in [6.45, 7) is 12.1. The van der Waals surface area contributed by atoms with Crippen molar-refractivity contribution in [2.45, 2.75) is 45.6 Å². The predicted octanol–water partition coefficient (Wildman–Crippen LogP) is 3.16. The predicted molar refractivity (Wildman–Crippen MR) is 125 cm³/mol. The maximum Gasteiger partial charge on any atom is 0.409 e. The number of amides is 2. The van der Waals surface area contributed by atoms with Crippen LogP contribution in [0.2, 0.25) is 0 Å². The van der Waals surface area contributed by atoms with E-state index in [1.54, 1.807) is 9.80 Å². The van der Waals surface area contributed by atoms with E-state index in [1.165, 1.54) is 23.1 Å². The van der Waals surface area contributed by atoms with Gasteiger partial charge in [-0.05, 0) is 32.3 Å². The van der Waals surface area contributed by atoms with Gasteiger partial charge in [0.2, 0.25) is 5.91 Å². The smallest absolute Gasteiger partial charge is 0.409 e. The number of aromatic nitrogens is 2. The number of ether oxygens (including phenoxy) is 1. The first-order valence-corrected chi connectivity index (χ1v) is 12.3. The lowest BCUT2D eigenvalue weighted by Gasteiger charge is -2.35. The molecule has 1 aliphatic rings. The average Bonchev–Trinajstić information content (AvgIpc) is 3.03. The third-order valence-corrected chi connectivity index (χ3v) is 7.54. The van der Waals surface area contributed by atoms with Gasteiger partial charge in [-0.15, -0.1) is 23.1 Å². The van der Waals surface area contributed by atoms with Gasteiger partial charge in [0, 0.05) is 31.1 Å². The van der Waals surface area contributed by atoms with Crippen LogP contribution in [0.1, 0.15) is 37.0 Å². The van der Waals surface area contributed by atoms with Crippen LogP contribution >= 0.6 is 23.1 Å².